The second kappa shape index (κ2) is 3.75. The number of nitrogens with zero attached hydrogens (tertiary/aromatic N) is 2. The van der Waals surface area contributed by atoms with Crippen molar-refractivity contribution < 1.29 is 9.72 Å². The molecule has 0 spiro atoms. The fourth-order valence-electron chi connectivity index (χ4n) is 1.74. The van der Waals surface area contributed by atoms with E-state index in [-0.39, 0.29) is 16.6 Å². The monoisotopic (exact) mass is 240 g/mol. The average molecular weight is 241 g/mol. The van der Waals surface area contributed by atoms with Gasteiger partial charge in [-0.05, 0) is 18.1 Å². The van der Waals surface area contributed by atoms with Crippen LogP contribution in [0.5, 0.6) is 0 Å². The van der Waals surface area contributed by atoms with E-state index in [2.05, 4.69) is 0 Å². The van der Waals surface area contributed by atoms with Crippen LogP contribution in [0.15, 0.2) is 12.1 Å². The van der Waals surface area contributed by atoms with Gasteiger partial charge in [0.1, 0.15) is 5.02 Å². The van der Waals surface area contributed by atoms with Crippen LogP contribution in [-0.2, 0) is 6.42 Å². The fraction of sp³-hybridized carbons (Fsp3) is 0.300. The highest BCUT2D eigenvalue weighted by molar-refractivity contribution is 6.33. The van der Waals surface area contributed by atoms with Crippen LogP contribution >= 0.6 is 11.6 Å². The lowest BCUT2D eigenvalue weighted by Gasteiger charge is -2.24. The van der Waals surface area contributed by atoms with E-state index in [0.29, 0.717) is 18.5 Å². The SMILES string of the molecule is CN1CCc2cc(Cl)c([N+](=O)[O-])cc2C1=O. The third kappa shape index (κ3) is 1.63. The van der Waals surface area contributed by atoms with Crippen LogP contribution in [0, 0.1) is 10.1 Å². The predicted octanol–water partition coefficient (Wildman–Crippen LogP) is 1.88. The number of likely N-dealkylation sites (N-methyl/N-ethyl adjacent to an activating group) is 1. The number of benzene rings is 1. The molecule has 0 saturated heterocycles. The molecule has 5 nitrogen and oxygen atoms in total. The van der Waals surface area contributed by atoms with Crippen LogP contribution in [-0.4, -0.2) is 29.3 Å². The number of nitro groups is 1. The van der Waals surface area contributed by atoms with Crippen molar-refractivity contribution in [2.45, 2.75) is 6.42 Å². The van der Waals surface area contributed by atoms with Crippen LogP contribution in [0.1, 0.15) is 15.9 Å². The molecule has 1 amide bonds. The Balaban J connectivity index is 2.59. The number of halogens is 1. The molecule has 0 saturated carbocycles. The van der Waals surface area contributed by atoms with E-state index in [4.69, 9.17) is 11.6 Å². The molecule has 0 aliphatic carbocycles. The maximum absolute atomic E-state index is 11.8. The maximum atomic E-state index is 11.8. The molecule has 6 heteroatoms. The van der Waals surface area contributed by atoms with E-state index in [1.165, 1.54) is 12.1 Å². The number of hydrogen-bond donors (Lipinski definition) is 0. The molecule has 1 aromatic carbocycles. The molecule has 0 atom stereocenters. The van der Waals surface area contributed by atoms with Gasteiger partial charge >= 0.3 is 0 Å². The molecule has 0 aromatic heterocycles. The Kier molecular flexibility index (Phi) is 2.55. The second-order valence-corrected chi connectivity index (χ2v) is 4.10. The Labute approximate surface area is 96.8 Å². The first-order valence-corrected chi connectivity index (χ1v) is 5.11. The van der Waals surface area contributed by atoms with Crippen LogP contribution in [0.2, 0.25) is 5.02 Å². The molecule has 16 heavy (non-hydrogen) atoms. The number of carbonyl (C=O) groups excluding carboxylic acids is 1. The smallest absolute Gasteiger partial charge is 0.288 e. The van der Waals surface area contributed by atoms with Crippen molar-refractivity contribution in [2.75, 3.05) is 13.6 Å². The van der Waals surface area contributed by atoms with Crippen molar-refractivity contribution in [3.05, 3.63) is 38.4 Å². The molecule has 0 N–H and O–H groups in total. The molecule has 1 aliphatic heterocycles. The van der Waals surface area contributed by atoms with Crippen LogP contribution < -0.4 is 0 Å². The number of hydrogen-bond acceptors (Lipinski definition) is 3. The Hall–Kier alpha value is -1.62. The third-order valence-corrected chi connectivity index (χ3v) is 2.97. The Morgan fingerprint density at radius 3 is 2.81 bits per heavy atom. The summed E-state index contributed by atoms with van der Waals surface area (Å²) in [5.41, 5.74) is 0.938. The summed E-state index contributed by atoms with van der Waals surface area (Å²) in [4.78, 5) is 23.4. The topological polar surface area (TPSA) is 63.4 Å². The van der Waals surface area contributed by atoms with Gasteiger partial charge in [-0.1, -0.05) is 11.6 Å². The summed E-state index contributed by atoms with van der Waals surface area (Å²) in [6.07, 6.45) is 0.676. The van der Waals surface area contributed by atoms with Crippen LogP contribution in [0.4, 0.5) is 5.69 Å². The average Bonchev–Trinajstić information content (AvgIpc) is 2.23. The molecule has 0 unspecified atom stereocenters. The summed E-state index contributed by atoms with van der Waals surface area (Å²) >= 11 is 5.77. The number of nitro benzene ring substituents is 1. The van der Waals surface area contributed by atoms with Gasteiger partial charge in [0, 0.05) is 25.2 Å². The number of fused-ring (bicyclic) bond motifs is 1. The summed E-state index contributed by atoms with van der Waals surface area (Å²) in [6.45, 7) is 0.611. The standard InChI is InChI=1S/C10H9ClN2O3/c1-12-3-2-6-4-8(11)9(13(15)16)5-7(6)10(12)14/h4-5H,2-3H2,1H3. The van der Waals surface area contributed by atoms with Gasteiger partial charge in [0.25, 0.3) is 11.6 Å². The van der Waals surface area contributed by atoms with Gasteiger partial charge < -0.3 is 4.90 Å². The molecule has 0 fully saturated rings. The van der Waals surface area contributed by atoms with Gasteiger partial charge in [-0.3, -0.25) is 14.9 Å². The van der Waals surface area contributed by atoms with E-state index < -0.39 is 4.92 Å². The molecular weight excluding hydrogens is 232 g/mol. The van der Waals surface area contributed by atoms with Gasteiger partial charge in [0.05, 0.1) is 4.92 Å². The van der Waals surface area contributed by atoms with Gasteiger partial charge in [-0.15, -0.1) is 0 Å². The van der Waals surface area contributed by atoms with Gasteiger partial charge in [-0.2, -0.15) is 0 Å². The van der Waals surface area contributed by atoms with E-state index in [0.717, 1.165) is 5.56 Å². The summed E-state index contributed by atoms with van der Waals surface area (Å²) in [5.74, 6) is -0.194. The molecule has 0 bridgehead atoms. The van der Waals surface area contributed by atoms with Gasteiger partial charge in [0.15, 0.2) is 0 Å². The zero-order chi connectivity index (χ0) is 11.9. The lowest BCUT2D eigenvalue weighted by Crippen LogP contribution is -2.34. The minimum atomic E-state index is -0.579. The van der Waals surface area contributed by atoms with E-state index in [9.17, 15) is 14.9 Å². The Morgan fingerprint density at radius 1 is 1.50 bits per heavy atom. The summed E-state index contributed by atoms with van der Waals surface area (Å²) in [5, 5.41) is 10.8. The molecule has 1 heterocycles. The van der Waals surface area contributed by atoms with Gasteiger partial charge in [-0.25, -0.2) is 0 Å². The van der Waals surface area contributed by atoms with Crippen molar-refractivity contribution in [3.63, 3.8) is 0 Å². The lowest BCUT2D eigenvalue weighted by molar-refractivity contribution is -0.384. The lowest BCUT2D eigenvalue weighted by atomic mass is 9.99. The van der Waals surface area contributed by atoms with Crippen molar-refractivity contribution in [3.8, 4) is 0 Å². The van der Waals surface area contributed by atoms with Crippen LogP contribution in [0.25, 0.3) is 0 Å². The van der Waals surface area contributed by atoms with Crippen molar-refractivity contribution in [1.82, 2.24) is 4.90 Å². The minimum absolute atomic E-state index is 0.0844. The molecule has 1 aromatic rings. The second-order valence-electron chi connectivity index (χ2n) is 3.69. The normalized spacial score (nSPS) is 14.9. The van der Waals surface area contributed by atoms with Crippen molar-refractivity contribution >= 4 is 23.2 Å². The highest BCUT2D eigenvalue weighted by Crippen LogP contribution is 2.30. The van der Waals surface area contributed by atoms with E-state index in [1.807, 2.05) is 0 Å². The number of rotatable bonds is 1. The first-order valence-electron chi connectivity index (χ1n) is 4.73. The Morgan fingerprint density at radius 2 is 2.19 bits per heavy atom. The number of amides is 1. The predicted molar refractivity (Wildman–Crippen MR) is 58.8 cm³/mol. The van der Waals surface area contributed by atoms with Crippen LogP contribution in [0.3, 0.4) is 0 Å². The highest BCUT2D eigenvalue weighted by Gasteiger charge is 2.26. The minimum Gasteiger partial charge on any atom is -0.341 e. The molecular formula is C10H9ClN2O3. The maximum Gasteiger partial charge on any atom is 0.288 e. The third-order valence-electron chi connectivity index (χ3n) is 2.66. The molecule has 2 rings (SSSR count). The largest absolute Gasteiger partial charge is 0.341 e. The van der Waals surface area contributed by atoms with Crippen molar-refractivity contribution in [2.24, 2.45) is 0 Å². The first kappa shape index (κ1) is 10.9. The first-order chi connectivity index (χ1) is 7.50. The highest BCUT2D eigenvalue weighted by atomic mass is 35.5. The van der Waals surface area contributed by atoms with E-state index >= 15 is 0 Å². The zero-order valence-corrected chi connectivity index (χ0v) is 9.32. The van der Waals surface area contributed by atoms with Crippen molar-refractivity contribution in [1.29, 1.82) is 0 Å². The molecule has 1 aliphatic rings. The fourth-order valence-corrected chi connectivity index (χ4v) is 2.00. The van der Waals surface area contributed by atoms with Gasteiger partial charge in [0.2, 0.25) is 0 Å². The Bertz CT molecular complexity index is 487. The number of carbonyl (C=O) groups is 1. The molecule has 0 radical (unpaired) electrons. The summed E-state index contributed by atoms with van der Waals surface area (Å²) in [7, 11) is 1.67. The zero-order valence-electron chi connectivity index (χ0n) is 8.57. The molecule has 84 valence electrons. The van der Waals surface area contributed by atoms with E-state index in [1.54, 1.807) is 11.9 Å². The quantitative estimate of drug-likeness (QED) is 0.556. The summed E-state index contributed by atoms with van der Waals surface area (Å²) < 4.78 is 0. The summed E-state index contributed by atoms with van der Waals surface area (Å²) in [6, 6.07) is 2.77.